The maximum absolute atomic E-state index is 11.2. The van der Waals surface area contributed by atoms with Crippen LogP contribution in [-0.2, 0) is 11.1 Å². The van der Waals surface area contributed by atoms with Gasteiger partial charge in [0.25, 0.3) is 0 Å². The van der Waals surface area contributed by atoms with Gasteiger partial charge in [0, 0.05) is 24.8 Å². The minimum atomic E-state index is -5.21. The van der Waals surface area contributed by atoms with Gasteiger partial charge >= 0.3 is 0 Å². The molecule has 0 saturated heterocycles. The molecule has 2 aromatic carbocycles. The lowest BCUT2D eigenvalue weighted by molar-refractivity contribution is -0.333. The van der Waals surface area contributed by atoms with Crippen molar-refractivity contribution < 1.29 is 18.9 Å². The van der Waals surface area contributed by atoms with Crippen molar-refractivity contribution in [2.24, 2.45) is 0 Å². The lowest BCUT2D eigenvalue weighted by Gasteiger charge is -2.32. The fraction of sp³-hybridized carbons (Fsp3) is 0.217. The number of anilines is 1. The highest BCUT2D eigenvalue weighted by molar-refractivity contribution is 7.43. The number of H-pyrrole nitrogens is 1. The van der Waals surface area contributed by atoms with E-state index >= 15 is 0 Å². The Kier molecular flexibility index (Phi) is 7.32. The van der Waals surface area contributed by atoms with Crippen molar-refractivity contribution in [2.75, 3.05) is 11.4 Å². The Hall–Kier alpha value is -3.59. The van der Waals surface area contributed by atoms with Crippen molar-refractivity contribution in [3.8, 4) is 28.3 Å². The van der Waals surface area contributed by atoms with Crippen molar-refractivity contribution in [3.63, 3.8) is 0 Å². The summed E-state index contributed by atoms with van der Waals surface area (Å²) < 4.78 is 15.9. The number of rotatable bonds is 10. The Morgan fingerprint density at radius 3 is 2.47 bits per heavy atom. The molecule has 0 spiro atoms. The highest BCUT2D eigenvalue weighted by Gasteiger charge is 2.16. The number of aromatic nitrogens is 5. The third-order valence-corrected chi connectivity index (χ3v) is 5.61. The Labute approximate surface area is 196 Å². The number of tetrazole rings is 1. The molecule has 176 valence electrons. The van der Waals surface area contributed by atoms with E-state index in [4.69, 9.17) is 0 Å². The minimum absolute atomic E-state index is 0.0717. The second-order valence-electron chi connectivity index (χ2n) is 7.62. The summed E-state index contributed by atoms with van der Waals surface area (Å²) in [6.45, 7) is 3.14. The summed E-state index contributed by atoms with van der Waals surface area (Å²) >= 11 is 0. The number of pyridine rings is 1. The molecule has 0 aliphatic heterocycles. The zero-order chi connectivity index (χ0) is 24.0. The highest BCUT2D eigenvalue weighted by atomic mass is 31.2. The summed E-state index contributed by atoms with van der Waals surface area (Å²) in [7, 11) is -5.21. The first-order chi connectivity index (χ1) is 16.4. The number of unbranched alkanes of at least 4 members (excludes halogenated alkanes) is 1. The first-order valence-electron chi connectivity index (χ1n) is 10.8. The summed E-state index contributed by atoms with van der Waals surface area (Å²) in [6.07, 6.45) is 3.34. The van der Waals surface area contributed by atoms with Crippen LogP contribution in [0, 0.1) is 0 Å². The van der Waals surface area contributed by atoms with Gasteiger partial charge in [0.05, 0.1) is 0 Å². The molecule has 0 radical (unpaired) electrons. The van der Waals surface area contributed by atoms with Gasteiger partial charge in [-0.25, -0.2) is 4.98 Å². The van der Waals surface area contributed by atoms with E-state index < -0.39 is 7.82 Å². The number of hydrogen-bond acceptors (Lipinski definition) is 9. The molecule has 0 aliphatic rings. The third kappa shape index (κ3) is 5.85. The standard InChI is InChI=1S/C23H25N6O4P/c1-2-3-15-29(23-21(9-6-14-24-23)33-34(30,31)32)16-17-10-12-18(13-11-17)19-7-4-5-8-20(19)22-25-27-28-26-22/h4-14H,2-3,15-16H2,1H3,(H2,30,31,32)(H,25,26,27,28)/p-2. The van der Waals surface area contributed by atoms with Crippen molar-refractivity contribution in [1.29, 1.82) is 0 Å². The van der Waals surface area contributed by atoms with Crippen molar-refractivity contribution >= 4 is 13.6 Å². The summed E-state index contributed by atoms with van der Waals surface area (Å²) in [6, 6.07) is 18.8. The molecule has 0 saturated carbocycles. The van der Waals surface area contributed by atoms with Crippen molar-refractivity contribution in [1.82, 2.24) is 25.6 Å². The van der Waals surface area contributed by atoms with E-state index in [1.165, 1.54) is 12.1 Å². The molecule has 0 unspecified atom stereocenters. The van der Waals surface area contributed by atoms with Gasteiger partial charge in [0.2, 0.25) is 5.82 Å². The molecule has 1 N–H and O–H groups in total. The zero-order valence-electron chi connectivity index (χ0n) is 18.5. The van der Waals surface area contributed by atoms with Crippen LogP contribution in [0.15, 0.2) is 66.9 Å². The normalized spacial score (nSPS) is 11.4. The molecule has 2 aromatic heterocycles. The predicted octanol–water partition coefficient (Wildman–Crippen LogP) is 2.94. The van der Waals surface area contributed by atoms with Crippen LogP contribution in [0.5, 0.6) is 5.75 Å². The first kappa shape index (κ1) is 23.6. The number of phosphoric acid groups is 1. The maximum Gasteiger partial charge on any atom is 0.205 e. The fourth-order valence-corrected chi connectivity index (χ4v) is 4.02. The van der Waals surface area contributed by atoms with E-state index in [-0.39, 0.29) is 5.75 Å². The monoisotopic (exact) mass is 478 g/mol. The molecule has 0 fully saturated rings. The Morgan fingerprint density at radius 2 is 1.79 bits per heavy atom. The summed E-state index contributed by atoms with van der Waals surface area (Å²) in [4.78, 5) is 28.7. The van der Waals surface area contributed by atoms with E-state index in [0.717, 1.165) is 35.1 Å². The quantitative estimate of drug-likeness (QED) is 0.340. The van der Waals surface area contributed by atoms with Crippen LogP contribution in [0.4, 0.5) is 5.82 Å². The number of nitrogens with zero attached hydrogens (tertiary/aromatic N) is 5. The number of hydrogen-bond donors (Lipinski definition) is 1. The summed E-state index contributed by atoms with van der Waals surface area (Å²) in [5.74, 6) is 0.758. The van der Waals surface area contributed by atoms with Gasteiger partial charge in [0.1, 0.15) is 7.82 Å². The topological polar surface area (TPSA) is 143 Å². The van der Waals surface area contributed by atoms with Crippen LogP contribution in [0.1, 0.15) is 25.3 Å². The van der Waals surface area contributed by atoms with Crippen LogP contribution in [-0.4, -0.2) is 32.2 Å². The molecule has 4 rings (SSSR count). The lowest BCUT2D eigenvalue weighted by Crippen LogP contribution is -2.26. The number of nitrogens with one attached hydrogen (secondary N) is 1. The molecule has 0 bridgehead atoms. The summed E-state index contributed by atoms with van der Waals surface area (Å²) in [5, 5.41) is 14.3. The number of phosphoric ester groups is 1. The smallest absolute Gasteiger partial charge is 0.205 e. The molecule has 11 heteroatoms. The molecule has 4 aromatic rings. The van der Waals surface area contributed by atoms with Crippen LogP contribution in [0.2, 0.25) is 0 Å². The SMILES string of the molecule is CCCCN(Cc1ccc(-c2ccccc2-c2nn[nH]n2)cc1)c1ncccc1OP(=O)([O-])[O-]. The van der Waals surface area contributed by atoms with E-state index in [0.29, 0.717) is 24.7 Å². The van der Waals surface area contributed by atoms with E-state index in [9.17, 15) is 14.4 Å². The van der Waals surface area contributed by atoms with E-state index in [1.807, 2.05) is 53.4 Å². The molecule has 0 atom stereocenters. The van der Waals surface area contributed by atoms with Crippen molar-refractivity contribution in [3.05, 3.63) is 72.4 Å². The van der Waals surface area contributed by atoms with Crippen molar-refractivity contribution in [2.45, 2.75) is 26.3 Å². The van der Waals surface area contributed by atoms with Gasteiger partial charge in [-0.05, 0) is 40.5 Å². The van der Waals surface area contributed by atoms with Gasteiger partial charge in [-0.1, -0.05) is 61.9 Å². The molecule has 10 nitrogen and oxygen atoms in total. The maximum atomic E-state index is 11.2. The first-order valence-corrected chi connectivity index (χ1v) is 12.2. The van der Waals surface area contributed by atoms with E-state index in [1.54, 1.807) is 6.20 Å². The highest BCUT2D eigenvalue weighted by Crippen LogP contribution is 2.36. The predicted molar refractivity (Wildman–Crippen MR) is 123 cm³/mol. The van der Waals surface area contributed by atoms with Gasteiger partial charge in [-0.2, -0.15) is 5.21 Å². The van der Waals surface area contributed by atoms with E-state index in [2.05, 4.69) is 37.1 Å². The zero-order valence-corrected chi connectivity index (χ0v) is 19.4. The Balaban J connectivity index is 1.60. The average Bonchev–Trinajstić information content (AvgIpc) is 3.37. The van der Waals surface area contributed by atoms with Crippen LogP contribution >= 0.6 is 7.82 Å². The third-order valence-electron chi connectivity index (χ3n) is 5.19. The van der Waals surface area contributed by atoms with Crippen LogP contribution in [0.25, 0.3) is 22.5 Å². The van der Waals surface area contributed by atoms with Crippen LogP contribution in [0.3, 0.4) is 0 Å². The number of aromatic amines is 1. The van der Waals surface area contributed by atoms with Gasteiger partial charge in [-0.15, -0.1) is 10.2 Å². The second kappa shape index (κ2) is 10.6. The summed E-state index contributed by atoms with van der Waals surface area (Å²) in [5.41, 5.74) is 3.81. The Morgan fingerprint density at radius 1 is 1.03 bits per heavy atom. The molecule has 34 heavy (non-hydrogen) atoms. The van der Waals surface area contributed by atoms with Gasteiger partial charge in [0.15, 0.2) is 11.6 Å². The number of benzene rings is 2. The largest absolute Gasteiger partial charge is 0.780 e. The molecular weight excluding hydrogens is 455 g/mol. The second-order valence-corrected chi connectivity index (χ2v) is 8.69. The molecular formula is C23H23N6O4P-2. The lowest BCUT2D eigenvalue weighted by atomic mass is 9.98. The molecule has 0 amide bonds. The minimum Gasteiger partial charge on any atom is -0.780 e. The molecule has 0 aliphatic carbocycles. The Bertz CT molecular complexity index is 1260. The van der Waals surface area contributed by atoms with Crippen LogP contribution < -0.4 is 19.2 Å². The van der Waals surface area contributed by atoms with Gasteiger partial charge in [-0.3, -0.25) is 0 Å². The molecule has 2 heterocycles. The average molecular weight is 478 g/mol. The fourth-order valence-electron chi connectivity index (χ4n) is 3.64. The van der Waals surface area contributed by atoms with Gasteiger partial charge < -0.3 is 23.8 Å².